The summed E-state index contributed by atoms with van der Waals surface area (Å²) in [5, 5.41) is 8.49. The maximum Gasteiger partial charge on any atom is 0.152 e. The summed E-state index contributed by atoms with van der Waals surface area (Å²) < 4.78 is 0. The minimum absolute atomic E-state index is 0.496. The van der Waals surface area contributed by atoms with Crippen LogP contribution in [0.15, 0.2) is 12.2 Å². The number of hydrogen-bond acceptors (Lipinski definition) is 1. The standard InChI is InChI=1S/C18H25N/c1-2-4-15-6-10-17(11-7-15)18-12-8-16(9-13-18)5-3-14-19/h2,4,15-18H,6-13H2,1H3/b4-2+. The van der Waals surface area contributed by atoms with Gasteiger partial charge < -0.3 is 0 Å². The lowest BCUT2D eigenvalue weighted by Gasteiger charge is -2.36. The molecular formula is C18H25N. The molecule has 0 atom stereocenters. The summed E-state index contributed by atoms with van der Waals surface area (Å²) in [6.45, 7) is 2.13. The van der Waals surface area contributed by atoms with Crippen LogP contribution < -0.4 is 0 Å². The fourth-order valence-corrected chi connectivity index (χ4v) is 3.95. The van der Waals surface area contributed by atoms with Gasteiger partial charge in [0.15, 0.2) is 6.07 Å². The van der Waals surface area contributed by atoms with Gasteiger partial charge in [-0.1, -0.05) is 18.1 Å². The Hall–Kier alpha value is -1.21. The van der Waals surface area contributed by atoms with Crippen LogP contribution >= 0.6 is 0 Å². The van der Waals surface area contributed by atoms with Crippen molar-refractivity contribution in [3.63, 3.8) is 0 Å². The molecule has 0 saturated heterocycles. The SMILES string of the molecule is C/C=C/C1CCC(C2CCC(C#CC#N)CC2)CC1. The van der Waals surface area contributed by atoms with Crippen molar-refractivity contribution >= 4 is 0 Å². The van der Waals surface area contributed by atoms with Crippen molar-refractivity contribution in [2.24, 2.45) is 23.7 Å². The van der Waals surface area contributed by atoms with Crippen molar-refractivity contribution in [3.05, 3.63) is 12.2 Å². The molecule has 0 N–H and O–H groups in total. The first kappa shape index (κ1) is 14.2. The number of hydrogen-bond donors (Lipinski definition) is 0. The van der Waals surface area contributed by atoms with E-state index in [1.807, 2.05) is 6.07 Å². The molecule has 0 amide bonds. The third kappa shape index (κ3) is 4.14. The molecule has 0 spiro atoms. The lowest BCUT2D eigenvalue weighted by molar-refractivity contribution is 0.168. The van der Waals surface area contributed by atoms with Crippen molar-refractivity contribution in [2.45, 2.75) is 58.3 Å². The second-order valence-corrected chi connectivity index (χ2v) is 6.19. The minimum atomic E-state index is 0.496. The molecule has 0 radical (unpaired) electrons. The molecule has 2 aliphatic rings. The van der Waals surface area contributed by atoms with Crippen LogP contribution in [0.25, 0.3) is 0 Å². The fourth-order valence-electron chi connectivity index (χ4n) is 3.95. The highest BCUT2D eigenvalue weighted by Gasteiger charge is 2.29. The van der Waals surface area contributed by atoms with Crippen LogP contribution in [0.4, 0.5) is 0 Å². The third-order valence-corrected chi connectivity index (χ3v) is 5.05. The maximum atomic E-state index is 8.49. The van der Waals surface area contributed by atoms with Crippen LogP contribution in [0.1, 0.15) is 58.3 Å². The first-order chi connectivity index (χ1) is 9.33. The highest BCUT2D eigenvalue weighted by atomic mass is 14.3. The highest BCUT2D eigenvalue weighted by molar-refractivity contribution is 5.18. The van der Waals surface area contributed by atoms with Crippen molar-refractivity contribution in [1.82, 2.24) is 0 Å². The third-order valence-electron chi connectivity index (χ3n) is 5.05. The van der Waals surface area contributed by atoms with Gasteiger partial charge in [0.2, 0.25) is 0 Å². The predicted octanol–water partition coefficient (Wildman–Crippen LogP) is 4.70. The number of allylic oxidation sites excluding steroid dienone is 2. The molecule has 0 aromatic heterocycles. The van der Waals surface area contributed by atoms with Gasteiger partial charge in [0.25, 0.3) is 0 Å². The van der Waals surface area contributed by atoms with Crippen LogP contribution in [-0.4, -0.2) is 0 Å². The van der Waals surface area contributed by atoms with Crippen molar-refractivity contribution in [2.75, 3.05) is 0 Å². The van der Waals surface area contributed by atoms with Crippen LogP contribution in [0, 0.1) is 46.8 Å². The zero-order valence-corrected chi connectivity index (χ0v) is 12.1. The molecule has 0 aromatic rings. The Morgan fingerprint density at radius 2 is 1.47 bits per heavy atom. The summed E-state index contributed by atoms with van der Waals surface area (Å²) in [6, 6.07) is 1.94. The molecule has 2 saturated carbocycles. The lowest BCUT2D eigenvalue weighted by Crippen LogP contribution is -2.25. The molecule has 102 valence electrons. The van der Waals surface area contributed by atoms with Gasteiger partial charge in [-0.25, -0.2) is 0 Å². The van der Waals surface area contributed by atoms with E-state index in [4.69, 9.17) is 5.26 Å². The molecular weight excluding hydrogens is 230 g/mol. The molecule has 2 aliphatic carbocycles. The van der Waals surface area contributed by atoms with E-state index in [2.05, 4.69) is 30.9 Å². The van der Waals surface area contributed by atoms with Crippen LogP contribution in [0.5, 0.6) is 0 Å². The van der Waals surface area contributed by atoms with E-state index in [1.165, 1.54) is 51.4 Å². The van der Waals surface area contributed by atoms with Gasteiger partial charge >= 0.3 is 0 Å². The highest BCUT2D eigenvalue weighted by Crippen LogP contribution is 2.41. The van der Waals surface area contributed by atoms with Gasteiger partial charge in [-0.05, 0) is 76.0 Å². The first-order valence-corrected chi connectivity index (χ1v) is 7.86. The van der Waals surface area contributed by atoms with E-state index < -0.39 is 0 Å². The average molecular weight is 255 g/mol. The molecule has 2 rings (SSSR count). The summed E-state index contributed by atoms with van der Waals surface area (Å²) in [5.74, 6) is 8.92. The number of rotatable bonds is 2. The molecule has 0 aromatic carbocycles. The summed E-state index contributed by atoms with van der Waals surface area (Å²) in [6.07, 6.45) is 15.3. The van der Waals surface area contributed by atoms with Crippen molar-refractivity contribution < 1.29 is 0 Å². The monoisotopic (exact) mass is 255 g/mol. The summed E-state index contributed by atoms with van der Waals surface area (Å²) in [5.41, 5.74) is 0. The van der Waals surface area contributed by atoms with E-state index in [9.17, 15) is 0 Å². The Kier molecular flexibility index (Phi) is 5.53. The summed E-state index contributed by atoms with van der Waals surface area (Å²) in [7, 11) is 0. The maximum absolute atomic E-state index is 8.49. The molecule has 0 aliphatic heterocycles. The smallest absolute Gasteiger partial charge is 0.152 e. The second kappa shape index (κ2) is 7.40. The Balaban J connectivity index is 1.75. The lowest BCUT2D eigenvalue weighted by atomic mass is 9.69. The Bertz CT molecular complexity index is 388. The van der Waals surface area contributed by atoms with E-state index >= 15 is 0 Å². The van der Waals surface area contributed by atoms with E-state index in [0.29, 0.717) is 5.92 Å². The predicted molar refractivity (Wildman–Crippen MR) is 79.1 cm³/mol. The van der Waals surface area contributed by atoms with Gasteiger partial charge in [0, 0.05) is 11.8 Å². The number of nitrogens with zero attached hydrogens (tertiary/aromatic N) is 1. The van der Waals surface area contributed by atoms with E-state index in [-0.39, 0.29) is 0 Å². The molecule has 0 bridgehead atoms. The normalized spacial score (nSPS) is 35.4. The van der Waals surface area contributed by atoms with E-state index in [0.717, 1.165) is 17.8 Å². The zero-order valence-electron chi connectivity index (χ0n) is 12.1. The minimum Gasteiger partial charge on any atom is -0.183 e. The largest absolute Gasteiger partial charge is 0.183 e. The zero-order chi connectivity index (χ0) is 13.5. The Morgan fingerprint density at radius 3 is 2.00 bits per heavy atom. The summed E-state index contributed by atoms with van der Waals surface area (Å²) in [4.78, 5) is 0. The van der Waals surface area contributed by atoms with Crippen molar-refractivity contribution in [3.8, 4) is 17.9 Å². The van der Waals surface area contributed by atoms with Crippen molar-refractivity contribution in [1.29, 1.82) is 5.26 Å². The molecule has 0 heterocycles. The van der Waals surface area contributed by atoms with Gasteiger partial charge in [-0.2, -0.15) is 5.26 Å². The second-order valence-electron chi connectivity index (χ2n) is 6.19. The average Bonchev–Trinajstić information content (AvgIpc) is 2.47. The van der Waals surface area contributed by atoms with Gasteiger partial charge in [-0.15, -0.1) is 0 Å². The van der Waals surface area contributed by atoms with Gasteiger partial charge in [0.1, 0.15) is 0 Å². The fraction of sp³-hybridized carbons (Fsp3) is 0.722. The molecule has 0 unspecified atom stereocenters. The van der Waals surface area contributed by atoms with Crippen LogP contribution in [0.3, 0.4) is 0 Å². The topological polar surface area (TPSA) is 23.8 Å². The van der Waals surface area contributed by atoms with Gasteiger partial charge in [-0.3, -0.25) is 0 Å². The van der Waals surface area contributed by atoms with Crippen LogP contribution in [0.2, 0.25) is 0 Å². The Labute approximate surface area is 118 Å². The van der Waals surface area contributed by atoms with E-state index in [1.54, 1.807) is 0 Å². The molecule has 19 heavy (non-hydrogen) atoms. The summed E-state index contributed by atoms with van der Waals surface area (Å²) >= 11 is 0. The van der Waals surface area contributed by atoms with Gasteiger partial charge in [0.05, 0.1) is 0 Å². The van der Waals surface area contributed by atoms with Crippen LogP contribution in [-0.2, 0) is 0 Å². The molecule has 1 heteroatoms. The first-order valence-electron chi connectivity index (χ1n) is 7.86. The number of nitriles is 1. The molecule has 1 nitrogen and oxygen atoms in total. The Morgan fingerprint density at radius 1 is 0.895 bits per heavy atom. The quantitative estimate of drug-likeness (QED) is 0.518. The molecule has 2 fully saturated rings.